The molecule has 0 bridgehead atoms. The highest BCUT2D eigenvalue weighted by Crippen LogP contribution is 2.37. The summed E-state index contributed by atoms with van der Waals surface area (Å²) in [5, 5.41) is 22.7. The van der Waals surface area contributed by atoms with E-state index in [2.05, 4.69) is 15.3 Å². The molecule has 0 atom stereocenters. The fourth-order valence-electron chi connectivity index (χ4n) is 2.77. The molecular weight excluding hydrogens is 362 g/mol. The number of aromatic hydroxyl groups is 1. The van der Waals surface area contributed by atoms with Gasteiger partial charge in [-0.25, -0.2) is 0 Å². The normalized spacial score (nSPS) is 13.7. The number of para-hydroxylation sites is 1. The van der Waals surface area contributed by atoms with E-state index in [1.165, 1.54) is 11.3 Å². The fourth-order valence-corrected chi connectivity index (χ4v) is 3.60. The van der Waals surface area contributed by atoms with E-state index in [1.54, 1.807) is 30.5 Å². The Morgan fingerprint density at radius 2 is 1.93 bits per heavy atom. The zero-order valence-corrected chi connectivity index (χ0v) is 14.9. The Morgan fingerprint density at radius 1 is 1.15 bits per heavy atom. The first-order chi connectivity index (χ1) is 13.1. The largest absolute Gasteiger partial charge is 0.492 e. The first-order valence-corrected chi connectivity index (χ1v) is 9.03. The number of hydrogen-bond donors (Lipinski definition) is 3. The predicted octanol–water partition coefficient (Wildman–Crippen LogP) is 4.48. The van der Waals surface area contributed by atoms with Crippen molar-refractivity contribution in [3.8, 4) is 5.88 Å². The van der Waals surface area contributed by atoms with Crippen LogP contribution in [0.5, 0.6) is 5.88 Å². The highest BCUT2D eigenvalue weighted by molar-refractivity contribution is 7.16. The molecule has 134 valence electrons. The van der Waals surface area contributed by atoms with Gasteiger partial charge in [0.2, 0.25) is 5.88 Å². The minimum absolute atomic E-state index is 0.0148. The summed E-state index contributed by atoms with van der Waals surface area (Å²) in [4.78, 5) is 19.9. The molecule has 1 aromatic heterocycles. The van der Waals surface area contributed by atoms with Crippen LogP contribution in [0, 0.1) is 0 Å². The summed E-state index contributed by atoms with van der Waals surface area (Å²) in [6.45, 7) is 0. The van der Waals surface area contributed by atoms with Gasteiger partial charge in [0.05, 0.1) is 17.0 Å². The third-order valence-corrected chi connectivity index (χ3v) is 4.95. The number of benzene rings is 2. The Labute approximate surface area is 159 Å². The smallest absolute Gasteiger partial charge is 0.307 e. The van der Waals surface area contributed by atoms with Crippen LogP contribution in [0.4, 0.5) is 16.5 Å². The molecule has 0 radical (unpaired) electrons. The van der Waals surface area contributed by atoms with Crippen LogP contribution in [0.25, 0.3) is 11.6 Å². The number of allylic oxidation sites excluding steroid dienone is 1. The second kappa shape index (κ2) is 7.05. The minimum Gasteiger partial charge on any atom is -0.492 e. The van der Waals surface area contributed by atoms with Crippen molar-refractivity contribution >= 4 is 51.7 Å². The molecule has 0 aliphatic carbocycles. The van der Waals surface area contributed by atoms with E-state index in [0.29, 0.717) is 10.0 Å². The summed E-state index contributed by atoms with van der Waals surface area (Å²) in [6, 6.07) is 14.9. The van der Waals surface area contributed by atoms with E-state index in [1.807, 2.05) is 30.3 Å². The summed E-state index contributed by atoms with van der Waals surface area (Å²) in [7, 11) is 0. The molecule has 0 amide bonds. The van der Waals surface area contributed by atoms with Crippen molar-refractivity contribution < 1.29 is 15.0 Å². The van der Waals surface area contributed by atoms with Gasteiger partial charge < -0.3 is 15.5 Å². The van der Waals surface area contributed by atoms with Gasteiger partial charge >= 0.3 is 5.97 Å². The lowest BCUT2D eigenvalue weighted by atomic mass is 10.1. The average molecular weight is 377 g/mol. The lowest BCUT2D eigenvalue weighted by Gasteiger charge is -2.03. The van der Waals surface area contributed by atoms with Crippen LogP contribution in [0.1, 0.15) is 16.0 Å². The number of aliphatic carboxylic acids is 1. The second-order valence-corrected chi connectivity index (χ2v) is 7.00. The highest BCUT2D eigenvalue weighted by Gasteiger charge is 2.14. The van der Waals surface area contributed by atoms with Crippen LogP contribution in [-0.4, -0.2) is 27.4 Å². The Hall–Kier alpha value is -3.45. The number of aliphatic imine (C=N–C) groups is 1. The number of fused-ring (bicyclic) bond motifs is 1. The summed E-state index contributed by atoms with van der Waals surface area (Å²) in [6.07, 6.45) is 3.63. The molecule has 0 saturated carbocycles. The number of anilines is 2. The average Bonchev–Trinajstić information content (AvgIpc) is 3.20. The van der Waals surface area contributed by atoms with Crippen LogP contribution in [-0.2, 0) is 11.2 Å². The van der Waals surface area contributed by atoms with Crippen molar-refractivity contribution in [2.75, 3.05) is 5.32 Å². The van der Waals surface area contributed by atoms with Gasteiger partial charge in [-0.2, -0.15) is 4.98 Å². The van der Waals surface area contributed by atoms with E-state index in [-0.39, 0.29) is 12.3 Å². The van der Waals surface area contributed by atoms with E-state index in [0.717, 1.165) is 28.1 Å². The van der Waals surface area contributed by atoms with Gasteiger partial charge in [0.25, 0.3) is 0 Å². The third kappa shape index (κ3) is 3.73. The molecule has 3 aromatic rings. The molecule has 3 N–H and O–H groups in total. The SMILES string of the molecule is O=C(O)Cc1ccc(Nc2nc(O)c(/C=C3\C=Nc4ccccc43)s2)cc1. The predicted molar refractivity (Wildman–Crippen MR) is 107 cm³/mol. The molecule has 0 spiro atoms. The highest BCUT2D eigenvalue weighted by atomic mass is 32.1. The summed E-state index contributed by atoms with van der Waals surface area (Å²) in [5.74, 6) is -0.912. The van der Waals surface area contributed by atoms with Crippen LogP contribution < -0.4 is 5.32 Å². The number of carbonyl (C=O) groups is 1. The molecule has 0 unspecified atom stereocenters. The van der Waals surface area contributed by atoms with Crippen molar-refractivity contribution in [2.24, 2.45) is 4.99 Å². The Kier molecular flexibility index (Phi) is 4.43. The van der Waals surface area contributed by atoms with Crippen molar-refractivity contribution in [1.29, 1.82) is 0 Å². The molecule has 2 aromatic carbocycles. The Balaban J connectivity index is 1.53. The molecule has 0 fully saturated rings. The standard InChI is InChI=1S/C20H15N3O3S/c24-18(25)9-12-5-7-14(8-6-12)22-20-23-19(26)17(27-20)10-13-11-21-16-4-2-1-3-15(13)16/h1-8,10-11,26H,9H2,(H,22,23)(H,24,25)/b13-10+. The first-order valence-electron chi connectivity index (χ1n) is 8.21. The number of thiazole rings is 1. The summed E-state index contributed by atoms with van der Waals surface area (Å²) in [5.41, 5.74) is 4.35. The lowest BCUT2D eigenvalue weighted by molar-refractivity contribution is -0.136. The molecule has 7 heteroatoms. The Morgan fingerprint density at radius 3 is 2.70 bits per heavy atom. The molecule has 6 nitrogen and oxygen atoms in total. The van der Waals surface area contributed by atoms with Crippen molar-refractivity contribution in [1.82, 2.24) is 4.98 Å². The molecule has 2 heterocycles. The van der Waals surface area contributed by atoms with E-state index in [9.17, 15) is 9.90 Å². The molecule has 27 heavy (non-hydrogen) atoms. The molecule has 1 aliphatic rings. The van der Waals surface area contributed by atoms with E-state index < -0.39 is 5.97 Å². The van der Waals surface area contributed by atoms with E-state index >= 15 is 0 Å². The number of rotatable bonds is 5. The van der Waals surface area contributed by atoms with Crippen LogP contribution in [0.2, 0.25) is 0 Å². The first kappa shape index (κ1) is 17.0. The number of hydrogen-bond acceptors (Lipinski definition) is 6. The third-order valence-electron chi connectivity index (χ3n) is 4.04. The van der Waals surface area contributed by atoms with Crippen LogP contribution in [0.3, 0.4) is 0 Å². The molecule has 1 aliphatic heterocycles. The lowest BCUT2D eigenvalue weighted by Crippen LogP contribution is -1.99. The monoisotopic (exact) mass is 377 g/mol. The number of nitrogens with zero attached hydrogens (tertiary/aromatic N) is 2. The van der Waals surface area contributed by atoms with Crippen LogP contribution >= 0.6 is 11.3 Å². The zero-order valence-electron chi connectivity index (χ0n) is 14.1. The maximum atomic E-state index is 10.7. The van der Waals surface area contributed by atoms with Crippen molar-refractivity contribution in [3.05, 3.63) is 64.5 Å². The zero-order chi connectivity index (χ0) is 18.8. The Bertz CT molecular complexity index is 1070. The number of carboxylic acid groups (broad SMARTS) is 1. The summed E-state index contributed by atoms with van der Waals surface area (Å²) < 4.78 is 0. The van der Waals surface area contributed by atoms with Crippen LogP contribution in [0.15, 0.2) is 53.5 Å². The summed E-state index contributed by atoms with van der Waals surface area (Å²) >= 11 is 1.33. The molecular formula is C20H15N3O3S. The van der Waals surface area contributed by atoms with Gasteiger partial charge in [0.15, 0.2) is 5.13 Å². The number of aromatic nitrogens is 1. The van der Waals surface area contributed by atoms with Gasteiger partial charge in [-0.15, -0.1) is 0 Å². The number of nitrogens with one attached hydrogen (secondary N) is 1. The maximum absolute atomic E-state index is 10.7. The van der Waals surface area contributed by atoms with Gasteiger partial charge in [0, 0.05) is 23.0 Å². The van der Waals surface area contributed by atoms with E-state index in [4.69, 9.17) is 5.11 Å². The topological polar surface area (TPSA) is 94.8 Å². The van der Waals surface area contributed by atoms with Crippen molar-refractivity contribution in [2.45, 2.75) is 6.42 Å². The van der Waals surface area contributed by atoms with Gasteiger partial charge in [-0.3, -0.25) is 9.79 Å². The van der Waals surface area contributed by atoms with Gasteiger partial charge in [-0.05, 0) is 29.8 Å². The molecule has 0 saturated heterocycles. The maximum Gasteiger partial charge on any atom is 0.307 e. The molecule has 4 rings (SSSR count). The van der Waals surface area contributed by atoms with Crippen molar-refractivity contribution in [3.63, 3.8) is 0 Å². The fraction of sp³-hybridized carbons (Fsp3) is 0.0500. The van der Waals surface area contributed by atoms with Gasteiger partial charge in [0.1, 0.15) is 0 Å². The minimum atomic E-state index is -0.866. The van der Waals surface area contributed by atoms with Gasteiger partial charge in [-0.1, -0.05) is 41.7 Å². The second-order valence-electron chi connectivity index (χ2n) is 5.97. The quantitative estimate of drug-likeness (QED) is 0.609. The number of carboxylic acids is 1.